The van der Waals surface area contributed by atoms with Crippen molar-refractivity contribution in [3.8, 4) is 0 Å². The van der Waals surface area contributed by atoms with Gasteiger partial charge in [0.2, 0.25) is 11.8 Å². The molecule has 4 rings (SSSR count). The van der Waals surface area contributed by atoms with E-state index in [9.17, 15) is 9.59 Å². The van der Waals surface area contributed by atoms with E-state index >= 15 is 0 Å². The summed E-state index contributed by atoms with van der Waals surface area (Å²) >= 11 is 0. The van der Waals surface area contributed by atoms with Crippen LogP contribution in [0.25, 0.3) is 0 Å². The lowest BCUT2D eigenvalue weighted by Crippen LogP contribution is -2.49. The smallest absolute Gasteiger partial charge is 0.233 e. The third kappa shape index (κ3) is 4.87. The summed E-state index contributed by atoms with van der Waals surface area (Å²) in [6.07, 6.45) is 5.93. The number of anilines is 1. The molecular formula is C26H35N5O2. The zero-order valence-electron chi connectivity index (χ0n) is 20.0. The minimum atomic E-state index is -0.397. The molecule has 1 saturated heterocycles. The Morgan fingerprint density at radius 3 is 2.55 bits per heavy atom. The Labute approximate surface area is 196 Å². The monoisotopic (exact) mass is 449 g/mol. The number of aromatic nitrogens is 2. The van der Waals surface area contributed by atoms with Crippen molar-refractivity contribution in [3.05, 3.63) is 53.5 Å². The number of nitrogens with one attached hydrogen (secondary N) is 1. The first-order chi connectivity index (χ1) is 15.9. The van der Waals surface area contributed by atoms with Gasteiger partial charge in [-0.25, -0.2) is 9.97 Å². The molecule has 2 amide bonds. The summed E-state index contributed by atoms with van der Waals surface area (Å²) in [6, 6.07) is 12.2. The number of likely N-dealkylation sites (tertiary alicyclic amines) is 1. The van der Waals surface area contributed by atoms with E-state index in [2.05, 4.69) is 22.3 Å². The van der Waals surface area contributed by atoms with Crippen molar-refractivity contribution in [2.75, 3.05) is 32.5 Å². The number of hydrogen-bond acceptors (Lipinski definition) is 5. The van der Waals surface area contributed by atoms with E-state index in [0.29, 0.717) is 13.1 Å². The normalized spacial score (nSPS) is 19.8. The highest BCUT2D eigenvalue weighted by Gasteiger charge is 2.45. The van der Waals surface area contributed by atoms with Crippen molar-refractivity contribution in [1.29, 1.82) is 0 Å². The fourth-order valence-electron chi connectivity index (χ4n) is 5.30. The van der Waals surface area contributed by atoms with Crippen molar-refractivity contribution in [2.24, 2.45) is 0 Å². The maximum absolute atomic E-state index is 13.9. The van der Waals surface area contributed by atoms with Gasteiger partial charge in [-0.2, -0.15) is 0 Å². The second-order valence-electron chi connectivity index (χ2n) is 9.47. The van der Waals surface area contributed by atoms with Crippen LogP contribution in [0.2, 0.25) is 0 Å². The van der Waals surface area contributed by atoms with Crippen molar-refractivity contribution in [2.45, 2.75) is 63.3 Å². The summed E-state index contributed by atoms with van der Waals surface area (Å²) < 4.78 is 0. The van der Waals surface area contributed by atoms with Crippen LogP contribution >= 0.6 is 0 Å². The van der Waals surface area contributed by atoms with E-state index in [1.165, 1.54) is 0 Å². The first kappa shape index (κ1) is 23.2. The van der Waals surface area contributed by atoms with Gasteiger partial charge in [-0.15, -0.1) is 0 Å². The van der Waals surface area contributed by atoms with Gasteiger partial charge in [0.05, 0.1) is 17.7 Å². The van der Waals surface area contributed by atoms with Gasteiger partial charge in [0.25, 0.3) is 0 Å². The minimum absolute atomic E-state index is 0.00150. The number of rotatable bonds is 6. The molecule has 0 radical (unpaired) electrons. The number of carbonyl (C=O) groups is 2. The van der Waals surface area contributed by atoms with Crippen LogP contribution in [0.5, 0.6) is 0 Å². The maximum atomic E-state index is 13.9. The van der Waals surface area contributed by atoms with Crippen LogP contribution in [-0.2, 0) is 21.5 Å². The highest BCUT2D eigenvalue weighted by atomic mass is 16.2. The van der Waals surface area contributed by atoms with Gasteiger partial charge >= 0.3 is 0 Å². The molecule has 0 spiro atoms. The van der Waals surface area contributed by atoms with Crippen LogP contribution in [0.1, 0.15) is 68.4 Å². The van der Waals surface area contributed by atoms with Crippen molar-refractivity contribution in [3.63, 3.8) is 0 Å². The van der Waals surface area contributed by atoms with Crippen LogP contribution in [-0.4, -0.2) is 58.8 Å². The van der Waals surface area contributed by atoms with Crippen LogP contribution in [0.15, 0.2) is 36.4 Å². The number of piperidine rings is 1. The predicted octanol–water partition coefficient (Wildman–Crippen LogP) is 3.71. The second-order valence-corrected chi connectivity index (χ2v) is 9.47. The molecule has 33 heavy (non-hydrogen) atoms. The Morgan fingerprint density at radius 2 is 1.88 bits per heavy atom. The number of amides is 2. The predicted molar refractivity (Wildman–Crippen MR) is 129 cm³/mol. The quantitative estimate of drug-likeness (QED) is 0.727. The summed E-state index contributed by atoms with van der Waals surface area (Å²) in [5, 5.41) is 3.12. The van der Waals surface area contributed by atoms with Crippen LogP contribution in [0, 0.1) is 0 Å². The van der Waals surface area contributed by atoms with Crippen molar-refractivity contribution >= 4 is 17.6 Å². The van der Waals surface area contributed by atoms with E-state index < -0.39 is 5.41 Å². The standard InChI is InChI=1S/C26H35N5O2/c1-19(32)30(3)18-22-16-23(27-2)29-24(28-22)20-10-9-15-31(17-20)25(33)26(13-7-8-14-26)21-11-5-4-6-12-21/h4-6,11-12,16,20H,7-10,13-15,17-18H2,1-3H3,(H,27,28,29)/t20-/m0/s1. The van der Waals surface area contributed by atoms with Gasteiger partial charge in [0.15, 0.2) is 0 Å². The van der Waals surface area contributed by atoms with E-state index in [0.717, 1.165) is 68.0 Å². The van der Waals surface area contributed by atoms with E-state index in [-0.39, 0.29) is 17.7 Å². The molecule has 1 atom stereocenters. The molecule has 7 heteroatoms. The zero-order valence-corrected chi connectivity index (χ0v) is 20.0. The third-order valence-corrected chi connectivity index (χ3v) is 7.26. The summed E-state index contributed by atoms with van der Waals surface area (Å²) in [5.74, 6) is 1.85. The molecule has 2 heterocycles. The Balaban J connectivity index is 1.57. The molecule has 0 unspecified atom stereocenters. The Kier molecular flexibility index (Phi) is 6.96. The average Bonchev–Trinajstić information content (AvgIpc) is 3.35. The molecule has 1 aliphatic carbocycles. The number of nitrogens with zero attached hydrogens (tertiary/aromatic N) is 4. The molecule has 1 aromatic heterocycles. The van der Waals surface area contributed by atoms with E-state index in [4.69, 9.17) is 9.97 Å². The van der Waals surface area contributed by atoms with Gasteiger partial charge in [0, 0.05) is 46.1 Å². The van der Waals surface area contributed by atoms with Crippen LogP contribution in [0.4, 0.5) is 5.82 Å². The Hall–Kier alpha value is -2.96. The second kappa shape index (κ2) is 9.89. The lowest BCUT2D eigenvalue weighted by molar-refractivity contribution is -0.138. The highest BCUT2D eigenvalue weighted by Crippen LogP contribution is 2.43. The van der Waals surface area contributed by atoms with Gasteiger partial charge in [-0.05, 0) is 31.2 Å². The van der Waals surface area contributed by atoms with Crippen molar-refractivity contribution in [1.82, 2.24) is 19.8 Å². The van der Waals surface area contributed by atoms with Gasteiger partial charge in [-0.3, -0.25) is 9.59 Å². The van der Waals surface area contributed by atoms with Gasteiger partial charge in [0.1, 0.15) is 11.6 Å². The molecule has 0 bridgehead atoms. The minimum Gasteiger partial charge on any atom is -0.373 e. The molecule has 1 aliphatic heterocycles. The largest absolute Gasteiger partial charge is 0.373 e. The van der Waals surface area contributed by atoms with Crippen LogP contribution in [0.3, 0.4) is 0 Å². The third-order valence-electron chi connectivity index (χ3n) is 7.26. The van der Waals surface area contributed by atoms with Gasteiger partial charge in [-0.1, -0.05) is 43.2 Å². The fraction of sp³-hybridized carbons (Fsp3) is 0.538. The summed E-state index contributed by atoms with van der Waals surface area (Å²) in [4.78, 5) is 38.9. The molecule has 2 aliphatic rings. The summed E-state index contributed by atoms with van der Waals surface area (Å²) in [6.45, 7) is 3.42. The van der Waals surface area contributed by atoms with E-state index in [1.807, 2.05) is 31.3 Å². The summed E-state index contributed by atoms with van der Waals surface area (Å²) in [7, 11) is 3.61. The first-order valence-corrected chi connectivity index (χ1v) is 12.0. The first-order valence-electron chi connectivity index (χ1n) is 12.0. The lowest BCUT2D eigenvalue weighted by Gasteiger charge is -2.39. The molecule has 1 saturated carbocycles. The number of benzene rings is 1. The van der Waals surface area contributed by atoms with E-state index in [1.54, 1.807) is 18.9 Å². The highest BCUT2D eigenvalue weighted by molar-refractivity contribution is 5.88. The number of carbonyl (C=O) groups excluding carboxylic acids is 2. The molecule has 1 aromatic carbocycles. The topological polar surface area (TPSA) is 78.4 Å². The molecular weight excluding hydrogens is 414 g/mol. The SMILES string of the molecule is CNc1cc(CN(C)C(C)=O)nc([C@H]2CCCN(C(=O)C3(c4ccccc4)CCCC3)C2)n1. The maximum Gasteiger partial charge on any atom is 0.233 e. The summed E-state index contributed by atoms with van der Waals surface area (Å²) in [5.41, 5.74) is 1.56. The average molecular weight is 450 g/mol. The van der Waals surface area contributed by atoms with Crippen LogP contribution < -0.4 is 5.32 Å². The molecule has 2 fully saturated rings. The lowest BCUT2D eigenvalue weighted by atomic mass is 9.77. The molecule has 2 aromatic rings. The fourth-order valence-corrected chi connectivity index (χ4v) is 5.30. The Morgan fingerprint density at radius 1 is 1.15 bits per heavy atom. The van der Waals surface area contributed by atoms with Crippen molar-refractivity contribution < 1.29 is 9.59 Å². The number of hydrogen-bond donors (Lipinski definition) is 1. The molecule has 176 valence electrons. The zero-order chi connectivity index (χ0) is 23.4. The van der Waals surface area contributed by atoms with Gasteiger partial charge < -0.3 is 15.1 Å². The molecule has 1 N–H and O–H groups in total. The molecule has 7 nitrogen and oxygen atoms in total. The Bertz CT molecular complexity index is 987.